The fraction of sp³-hybridized carbons (Fsp3) is 0.975. The van der Waals surface area contributed by atoms with Gasteiger partial charge in [0.25, 0.3) is 0 Å². The Hall–Kier alpha value is -0.620. The molecular formula is C40H75NO8S. The molecule has 4 N–H and O–H groups in total. The maximum Gasteiger partial charge on any atom is 0.220 e. The Bertz CT molecular complexity index is 885. The Morgan fingerprint density at radius 1 is 0.760 bits per heavy atom. The Labute approximate surface area is 307 Å². The zero-order valence-electron chi connectivity index (χ0n) is 31.6. The number of carbonyl (C=O) groups is 1. The van der Waals surface area contributed by atoms with Crippen LogP contribution in [0.3, 0.4) is 0 Å². The summed E-state index contributed by atoms with van der Waals surface area (Å²) in [6, 6.07) is -0.607. The van der Waals surface area contributed by atoms with E-state index in [0.717, 1.165) is 36.7 Å². The molecule has 0 spiro atoms. The lowest BCUT2D eigenvalue weighted by Gasteiger charge is -2.48. The van der Waals surface area contributed by atoms with Crippen LogP contribution in [-0.4, -0.2) is 93.0 Å². The third-order valence-corrected chi connectivity index (χ3v) is 12.7. The summed E-state index contributed by atoms with van der Waals surface area (Å²) in [6.45, 7) is 2.18. The first-order valence-corrected chi connectivity index (χ1v) is 22.4. The van der Waals surface area contributed by atoms with E-state index in [-0.39, 0.29) is 18.6 Å². The summed E-state index contributed by atoms with van der Waals surface area (Å²) in [4.78, 5) is 12.6. The lowest BCUT2D eigenvalue weighted by Crippen LogP contribution is -2.66. The number of unbranched alkanes of at least 4 members (excludes halogenated alkanes) is 20. The molecule has 7 atom stereocenters. The van der Waals surface area contributed by atoms with Crippen molar-refractivity contribution < 1.29 is 38.5 Å². The molecule has 0 radical (unpaired) electrons. The molecule has 50 heavy (non-hydrogen) atoms. The number of amides is 1. The molecule has 3 saturated heterocycles. The van der Waals surface area contributed by atoms with E-state index in [1.807, 2.05) is 6.92 Å². The average molecular weight is 730 g/mol. The second-order valence-electron chi connectivity index (χ2n) is 15.6. The minimum Gasteiger partial charge on any atom is -0.391 e. The van der Waals surface area contributed by atoms with Gasteiger partial charge < -0.3 is 34.8 Å². The number of aliphatic hydroxyl groups is 3. The van der Waals surface area contributed by atoms with Crippen molar-refractivity contribution in [1.82, 2.24) is 5.32 Å². The van der Waals surface area contributed by atoms with Gasteiger partial charge in [-0.05, 0) is 31.6 Å². The fourth-order valence-corrected chi connectivity index (χ4v) is 9.08. The molecule has 0 saturated carbocycles. The highest BCUT2D eigenvalue weighted by molar-refractivity contribution is 7.85. The smallest absolute Gasteiger partial charge is 0.220 e. The highest BCUT2D eigenvalue weighted by atomic mass is 32.2. The normalized spacial score (nSPS) is 27.7. The number of hydrogen-bond acceptors (Lipinski definition) is 8. The number of nitrogens with one attached hydrogen (secondary N) is 1. The van der Waals surface area contributed by atoms with Crippen molar-refractivity contribution in [3.63, 3.8) is 0 Å². The predicted octanol–water partition coefficient (Wildman–Crippen LogP) is 7.24. The van der Waals surface area contributed by atoms with Crippen LogP contribution >= 0.6 is 0 Å². The van der Waals surface area contributed by atoms with Crippen LogP contribution in [0.25, 0.3) is 0 Å². The lowest BCUT2D eigenvalue weighted by atomic mass is 9.95. The van der Waals surface area contributed by atoms with Gasteiger partial charge in [-0.2, -0.15) is 0 Å². The molecule has 10 heteroatoms. The molecule has 0 aromatic rings. The van der Waals surface area contributed by atoms with E-state index in [1.165, 1.54) is 135 Å². The number of ether oxygens (including phenoxy) is 3. The first-order valence-electron chi connectivity index (χ1n) is 21.0. The van der Waals surface area contributed by atoms with Gasteiger partial charge in [0.15, 0.2) is 6.29 Å². The molecule has 0 bridgehead atoms. The molecular weight excluding hydrogens is 655 g/mol. The van der Waals surface area contributed by atoms with Crippen LogP contribution in [0.5, 0.6) is 0 Å². The molecule has 3 rings (SSSR count). The molecule has 1 amide bonds. The third-order valence-electron chi connectivity index (χ3n) is 11.3. The molecule has 3 fully saturated rings. The van der Waals surface area contributed by atoms with E-state index in [0.29, 0.717) is 19.4 Å². The molecule has 0 aliphatic carbocycles. The molecule has 6 unspecified atom stereocenters. The molecule has 3 heterocycles. The number of aliphatic hydroxyl groups excluding tert-OH is 3. The molecule has 0 aromatic carbocycles. The average Bonchev–Trinajstić information content (AvgIpc) is 3.10. The van der Waals surface area contributed by atoms with Crippen molar-refractivity contribution in [2.75, 3.05) is 24.7 Å². The maximum atomic E-state index is 12.6. The summed E-state index contributed by atoms with van der Waals surface area (Å²) in [5.41, 5.74) is 0. The Morgan fingerprint density at radius 2 is 1.24 bits per heavy atom. The predicted molar refractivity (Wildman–Crippen MR) is 201 cm³/mol. The molecule has 3 aliphatic heterocycles. The summed E-state index contributed by atoms with van der Waals surface area (Å²) in [5.74, 6) is 2.66. The highest BCUT2D eigenvalue weighted by Crippen LogP contribution is 2.31. The zero-order chi connectivity index (χ0) is 35.8. The van der Waals surface area contributed by atoms with E-state index in [2.05, 4.69) is 5.32 Å². The van der Waals surface area contributed by atoms with E-state index >= 15 is 0 Å². The first kappa shape index (κ1) is 43.8. The summed E-state index contributed by atoms with van der Waals surface area (Å²) >= 11 is 0. The molecule has 294 valence electrons. The van der Waals surface area contributed by atoms with Crippen LogP contribution in [0.1, 0.15) is 174 Å². The van der Waals surface area contributed by atoms with E-state index < -0.39 is 47.5 Å². The second kappa shape index (κ2) is 27.0. The molecule has 9 nitrogen and oxygen atoms in total. The fourth-order valence-electron chi connectivity index (χ4n) is 7.69. The van der Waals surface area contributed by atoms with E-state index in [4.69, 9.17) is 14.2 Å². The maximum absolute atomic E-state index is 12.6. The van der Waals surface area contributed by atoms with Gasteiger partial charge in [0.1, 0.15) is 24.4 Å². The summed E-state index contributed by atoms with van der Waals surface area (Å²) in [7, 11) is -0.510. The van der Waals surface area contributed by atoms with Gasteiger partial charge >= 0.3 is 0 Å². The van der Waals surface area contributed by atoms with Crippen LogP contribution < -0.4 is 5.32 Å². The first-order chi connectivity index (χ1) is 24.4. The largest absolute Gasteiger partial charge is 0.391 e. The van der Waals surface area contributed by atoms with Crippen molar-refractivity contribution in [2.24, 2.45) is 5.92 Å². The van der Waals surface area contributed by atoms with Gasteiger partial charge in [0.05, 0.1) is 25.4 Å². The van der Waals surface area contributed by atoms with E-state index in [1.54, 1.807) is 0 Å². The van der Waals surface area contributed by atoms with Crippen molar-refractivity contribution >= 4 is 16.7 Å². The second-order valence-corrected chi connectivity index (χ2v) is 17.3. The van der Waals surface area contributed by atoms with Crippen LogP contribution in [0, 0.1) is 5.92 Å². The Kier molecular flexibility index (Phi) is 23.7. The number of carbonyl (C=O) groups excluding carboxylic acids is 1. The van der Waals surface area contributed by atoms with Crippen molar-refractivity contribution in [3.8, 4) is 0 Å². The van der Waals surface area contributed by atoms with Crippen LogP contribution in [0.4, 0.5) is 0 Å². The van der Waals surface area contributed by atoms with Gasteiger partial charge in [-0.15, -0.1) is 0 Å². The third kappa shape index (κ3) is 17.9. The van der Waals surface area contributed by atoms with Crippen LogP contribution in [0.2, 0.25) is 0 Å². The zero-order valence-corrected chi connectivity index (χ0v) is 32.4. The number of fused-ring (bicyclic) bond motifs is 1. The molecule has 3 aliphatic rings. The van der Waals surface area contributed by atoms with Gasteiger partial charge in [-0.1, -0.05) is 142 Å². The lowest BCUT2D eigenvalue weighted by molar-refractivity contribution is -0.351. The Morgan fingerprint density at radius 3 is 1.70 bits per heavy atom. The topological polar surface area (TPSA) is 135 Å². The number of rotatable bonds is 30. The van der Waals surface area contributed by atoms with Crippen molar-refractivity contribution in [1.29, 1.82) is 0 Å². The van der Waals surface area contributed by atoms with Crippen LogP contribution in [0.15, 0.2) is 0 Å². The standard InChI is InChI=1S/C40H75NO8S/c1-2-34(42)33(30-48-40-38(45)37(44)39-35(49-40)31-47-39)41-36(43)25-23-21-19-17-15-13-11-9-7-5-3-4-6-8-10-12-14-16-18-20-22-24-32-26-28-50(46)29-27-32/h32-35,37-40,42,44-45H,2-31H2,1H3,(H,41,43)/t32?,33-,34?,35?,37?,38?,39?,40?,50?/m0/s1. The minimum absolute atomic E-state index is 0.0114. The number of hydrogen-bond donors (Lipinski definition) is 4. The van der Waals surface area contributed by atoms with Gasteiger partial charge in [0, 0.05) is 28.7 Å². The van der Waals surface area contributed by atoms with E-state index in [9.17, 15) is 24.3 Å². The summed E-state index contributed by atoms with van der Waals surface area (Å²) in [6.07, 6.45) is 27.4. The SMILES string of the molecule is CCC(O)[C@H](COC1OC2COC2C(O)C1O)NC(=O)CCCCCCCCCCCCCCCCCCCCCCCC1CCS(=O)CC1. The van der Waals surface area contributed by atoms with Crippen LogP contribution in [-0.2, 0) is 29.8 Å². The van der Waals surface area contributed by atoms with Crippen molar-refractivity contribution in [2.45, 2.75) is 217 Å². The Balaban J connectivity index is 1.02. The van der Waals surface area contributed by atoms with Gasteiger partial charge in [-0.3, -0.25) is 9.00 Å². The van der Waals surface area contributed by atoms with Crippen molar-refractivity contribution in [3.05, 3.63) is 0 Å². The van der Waals surface area contributed by atoms with Gasteiger partial charge in [0.2, 0.25) is 5.91 Å². The van der Waals surface area contributed by atoms with Gasteiger partial charge in [-0.25, -0.2) is 0 Å². The summed E-state index contributed by atoms with van der Waals surface area (Å²) < 4.78 is 28.1. The quantitative estimate of drug-likeness (QED) is 0.0569. The summed E-state index contributed by atoms with van der Waals surface area (Å²) in [5, 5.41) is 33.8. The minimum atomic E-state index is -1.24. The molecule has 0 aromatic heterocycles. The monoisotopic (exact) mass is 730 g/mol. The highest BCUT2D eigenvalue weighted by Gasteiger charge is 2.51.